The first kappa shape index (κ1) is 15.0. The third-order valence-electron chi connectivity index (χ3n) is 2.98. The summed E-state index contributed by atoms with van der Waals surface area (Å²) in [6, 6.07) is 8.25. The minimum atomic E-state index is -0.656. The first-order chi connectivity index (χ1) is 10.0. The van der Waals surface area contributed by atoms with Crippen LogP contribution in [0.2, 0.25) is 0 Å². The van der Waals surface area contributed by atoms with Gasteiger partial charge in [-0.05, 0) is 37.3 Å². The number of ketones is 1. The molecule has 0 fully saturated rings. The van der Waals surface area contributed by atoms with Gasteiger partial charge < -0.3 is 9.47 Å². The predicted octanol–water partition coefficient (Wildman–Crippen LogP) is 3.76. The van der Waals surface area contributed by atoms with Crippen LogP contribution in [-0.2, 0) is 6.61 Å². The van der Waals surface area contributed by atoms with Gasteiger partial charge in [-0.25, -0.2) is 8.78 Å². The maximum Gasteiger partial charge on any atom is 0.165 e. The van der Waals surface area contributed by atoms with E-state index in [-0.39, 0.29) is 29.3 Å². The summed E-state index contributed by atoms with van der Waals surface area (Å²) in [4.78, 5) is 11.1. The molecule has 0 spiro atoms. The maximum atomic E-state index is 13.7. The molecule has 0 saturated heterocycles. The van der Waals surface area contributed by atoms with Crippen molar-refractivity contribution < 1.29 is 23.0 Å². The number of ether oxygens (including phenoxy) is 2. The molecule has 0 heterocycles. The van der Waals surface area contributed by atoms with E-state index in [4.69, 9.17) is 9.47 Å². The molecular weight excluding hydrogens is 278 g/mol. The van der Waals surface area contributed by atoms with E-state index >= 15 is 0 Å². The van der Waals surface area contributed by atoms with Gasteiger partial charge in [0.15, 0.2) is 17.3 Å². The van der Waals surface area contributed by atoms with E-state index in [9.17, 15) is 13.6 Å². The second-order valence-corrected chi connectivity index (χ2v) is 4.45. The smallest absolute Gasteiger partial charge is 0.165 e. The van der Waals surface area contributed by atoms with Crippen molar-refractivity contribution in [2.75, 3.05) is 7.11 Å². The highest BCUT2D eigenvalue weighted by atomic mass is 19.1. The summed E-state index contributed by atoms with van der Waals surface area (Å²) in [6.45, 7) is 1.23. The molecule has 2 aromatic carbocycles. The van der Waals surface area contributed by atoms with Crippen molar-refractivity contribution >= 4 is 5.78 Å². The van der Waals surface area contributed by atoms with E-state index in [2.05, 4.69) is 0 Å². The van der Waals surface area contributed by atoms with Crippen LogP contribution in [0.1, 0.15) is 22.8 Å². The Morgan fingerprint density at radius 2 is 1.86 bits per heavy atom. The van der Waals surface area contributed by atoms with Gasteiger partial charge in [0.05, 0.1) is 7.11 Å². The van der Waals surface area contributed by atoms with Gasteiger partial charge in [-0.3, -0.25) is 4.79 Å². The Balaban J connectivity index is 2.11. The normalized spacial score (nSPS) is 10.3. The van der Waals surface area contributed by atoms with Gasteiger partial charge in [0.25, 0.3) is 0 Å². The van der Waals surface area contributed by atoms with Crippen molar-refractivity contribution in [2.45, 2.75) is 13.5 Å². The highest BCUT2D eigenvalue weighted by Gasteiger charge is 2.09. The summed E-state index contributed by atoms with van der Waals surface area (Å²) in [5.74, 6) is -1.02. The lowest BCUT2D eigenvalue weighted by atomic mass is 10.1. The number of hydrogen-bond donors (Lipinski definition) is 0. The Morgan fingerprint density at radius 1 is 1.10 bits per heavy atom. The van der Waals surface area contributed by atoms with E-state index in [0.717, 1.165) is 6.07 Å². The first-order valence-corrected chi connectivity index (χ1v) is 6.27. The number of carbonyl (C=O) groups excluding carboxylic acids is 1. The van der Waals surface area contributed by atoms with E-state index < -0.39 is 11.6 Å². The zero-order chi connectivity index (χ0) is 15.4. The fourth-order valence-electron chi connectivity index (χ4n) is 1.76. The molecule has 0 bridgehead atoms. The molecule has 2 aromatic rings. The lowest BCUT2D eigenvalue weighted by Gasteiger charge is -2.09. The molecule has 0 amide bonds. The van der Waals surface area contributed by atoms with Crippen LogP contribution < -0.4 is 9.47 Å². The quantitative estimate of drug-likeness (QED) is 0.787. The van der Waals surface area contributed by atoms with E-state index in [0.29, 0.717) is 5.75 Å². The molecule has 2 rings (SSSR count). The Labute approximate surface area is 121 Å². The first-order valence-electron chi connectivity index (χ1n) is 6.27. The molecule has 5 heteroatoms. The standard InChI is InChI=1S/C16H14F2O3/c1-10(19)11-4-6-16(15(18)7-11)21-9-12-3-5-13(20-2)8-14(12)17/h3-8H,9H2,1-2H3. The summed E-state index contributed by atoms with van der Waals surface area (Å²) in [5, 5.41) is 0. The molecule has 3 nitrogen and oxygen atoms in total. The van der Waals surface area contributed by atoms with Crippen LogP contribution >= 0.6 is 0 Å². The zero-order valence-electron chi connectivity index (χ0n) is 11.7. The van der Waals surface area contributed by atoms with Gasteiger partial charge in [-0.1, -0.05) is 0 Å². The minimum absolute atomic E-state index is 0.0322. The van der Waals surface area contributed by atoms with E-state index in [1.54, 1.807) is 6.07 Å². The molecule has 0 atom stereocenters. The van der Waals surface area contributed by atoms with Crippen molar-refractivity contribution in [3.63, 3.8) is 0 Å². The van der Waals surface area contributed by atoms with Crippen LogP contribution in [0.25, 0.3) is 0 Å². The predicted molar refractivity (Wildman–Crippen MR) is 73.7 cm³/mol. The van der Waals surface area contributed by atoms with Crippen molar-refractivity contribution in [3.8, 4) is 11.5 Å². The highest BCUT2D eigenvalue weighted by Crippen LogP contribution is 2.22. The topological polar surface area (TPSA) is 35.5 Å². The van der Waals surface area contributed by atoms with Crippen LogP contribution in [0.3, 0.4) is 0 Å². The van der Waals surface area contributed by atoms with E-state index in [1.165, 1.54) is 38.3 Å². The van der Waals surface area contributed by atoms with Gasteiger partial charge in [0.2, 0.25) is 0 Å². The van der Waals surface area contributed by atoms with Crippen LogP contribution in [0.4, 0.5) is 8.78 Å². The summed E-state index contributed by atoms with van der Waals surface area (Å²) in [6.07, 6.45) is 0. The van der Waals surface area contributed by atoms with Gasteiger partial charge in [-0.15, -0.1) is 0 Å². The van der Waals surface area contributed by atoms with Crippen molar-refractivity contribution in [1.29, 1.82) is 0 Å². The van der Waals surface area contributed by atoms with Crippen molar-refractivity contribution in [3.05, 3.63) is 59.2 Å². The minimum Gasteiger partial charge on any atom is -0.497 e. The summed E-state index contributed by atoms with van der Waals surface area (Å²) in [5.41, 5.74) is 0.543. The molecule has 0 radical (unpaired) electrons. The van der Waals surface area contributed by atoms with Crippen LogP contribution in [0.15, 0.2) is 36.4 Å². The SMILES string of the molecule is COc1ccc(COc2ccc(C(C)=O)cc2F)c(F)c1. The van der Waals surface area contributed by atoms with Gasteiger partial charge in [0, 0.05) is 17.2 Å². The summed E-state index contributed by atoms with van der Waals surface area (Å²) < 4.78 is 37.6. The molecule has 0 aliphatic heterocycles. The van der Waals surface area contributed by atoms with Crippen LogP contribution in [0, 0.1) is 11.6 Å². The number of Topliss-reactive ketones (excluding diaryl/α,β-unsaturated/α-hetero) is 1. The lowest BCUT2D eigenvalue weighted by Crippen LogP contribution is -2.01. The third-order valence-corrected chi connectivity index (χ3v) is 2.98. The molecule has 0 aliphatic carbocycles. The van der Waals surface area contributed by atoms with E-state index in [1.807, 2.05) is 0 Å². The third kappa shape index (κ3) is 3.56. The molecule has 0 aromatic heterocycles. The molecule has 110 valence electrons. The maximum absolute atomic E-state index is 13.7. The number of benzene rings is 2. The number of halogens is 2. The average molecular weight is 292 g/mol. The van der Waals surface area contributed by atoms with Gasteiger partial charge in [-0.2, -0.15) is 0 Å². The Bertz CT molecular complexity index is 669. The number of rotatable bonds is 5. The average Bonchev–Trinajstić information content (AvgIpc) is 2.46. The zero-order valence-corrected chi connectivity index (χ0v) is 11.7. The number of carbonyl (C=O) groups is 1. The lowest BCUT2D eigenvalue weighted by molar-refractivity contribution is 0.101. The molecule has 0 unspecified atom stereocenters. The van der Waals surface area contributed by atoms with Crippen LogP contribution in [0.5, 0.6) is 11.5 Å². The number of methoxy groups -OCH3 is 1. The molecule has 0 N–H and O–H groups in total. The van der Waals surface area contributed by atoms with Crippen LogP contribution in [-0.4, -0.2) is 12.9 Å². The number of hydrogen-bond acceptors (Lipinski definition) is 3. The highest BCUT2D eigenvalue weighted by molar-refractivity contribution is 5.94. The second kappa shape index (κ2) is 6.35. The fraction of sp³-hybridized carbons (Fsp3) is 0.188. The largest absolute Gasteiger partial charge is 0.497 e. The molecule has 21 heavy (non-hydrogen) atoms. The second-order valence-electron chi connectivity index (χ2n) is 4.45. The van der Waals surface area contributed by atoms with Gasteiger partial charge >= 0.3 is 0 Å². The summed E-state index contributed by atoms with van der Waals surface area (Å²) >= 11 is 0. The Morgan fingerprint density at radius 3 is 2.43 bits per heavy atom. The molecule has 0 saturated carbocycles. The molecular formula is C16H14F2O3. The fourth-order valence-corrected chi connectivity index (χ4v) is 1.76. The van der Waals surface area contributed by atoms with Crippen molar-refractivity contribution in [2.24, 2.45) is 0 Å². The van der Waals surface area contributed by atoms with Gasteiger partial charge in [0.1, 0.15) is 18.2 Å². The monoisotopic (exact) mass is 292 g/mol. The summed E-state index contributed by atoms with van der Waals surface area (Å²) in [7, 11) is 1.44. The van der Waals surface area contributed by atoms with Crippen molar-refractivity contribution in [1.82, 2.24) is 0 Å². The molecule has 0 aliphatic rings. The Kier molecular flexibility index (Phi) is 4.52. The Hall–Kier alpha value is -2.43.